The Kier molecular flexibility index (Phi) is 5.48. The molecule has 1 heterocycles. The molecule has 1 aliphatic rings. The number of carbonyl (C=O) groups is 1. The second kappa shape index (κ2) is 6.64. The largest absolute Gasteiger partial charge is 0.399 e. The van der Waals surface area contributed by atoms with Crippen LogP contribution >= 0.6 is 0 Å². The molecule has 0 aliphatic carbocycles. The van der Waals surface area contributed by atoms with Crippen molar-refractivity contribution in [3.63, 3.8) is 0 Å². The van der Waals surface area contributed by atoms with Gasteiger partial charge in [0, 0.05) is 14.0 Å². The first kappa shape index (κ1) is 14.8. The zero-order valence-electron chi connectivity index (χ0n) is 10.5. The lowest BCUT2D eigenvalue weighted by atomic mass is 9.98. The highest BCUT2D eigenvalue weighted by molar-refractivity contribution is 5.97. The molecular formula is C10H18N2O6. The van der Waals surface area contributed by atoms with Gasteiger partial charge in [-0.1, -0.05) is 5.16 Å². The molecule has 1 rings (SSSR count). The number of hydrogen-bond acceptors (Lipinski definition) is 7. The van der Waals surface area contributed by atoms with Gasteiger partial charge in [-0.15, -0.1) is 0 Å². The van der Waals surface area contributed by atoms with Crippen LogP contribution in [0, 0.1) is 0 Å². The molecule has 1 aliphatic heterocycles. The van der Waals surface area contributed by atoms with E-state index in [-0.39, 0.29) is 11.6 Å². The van der Waals surface area contributed by atoms with Crippen molar-refractivity contribution < 1.29 is 29.3 Å². The maximum Gasteiger partial charge on any atom is 0.217 e. The second-order valence-corrected chi connectivity index (χ2v) is 3.78. The van der Waals surface area contributed by atoms with Crippen molar-refractivity contribution in [1.82, 2.24) is 5.32 Å². The molecule has 0 saturated carbocycles. The van der Waals surface area contributed by atoms with Gasteiger partial charge >= 0.3 is 0 Å². The van der Waals surface area contributed by atoms with Crippen LogP contribution in [0.2, 0.25) is 0 Å². The highest BCUT2D eigenvalue weighted by atomic mass is 16.7. The lowest BCUT2D eigenvalue weighted by Gasteiger charge is -2.38. The number of hydrogen-bond donors (Lipinski definition) is 3. The van der Waals surface area contributed by atoms with Crippen LogP contribution in [0.4, 0.5) is 0 Å². The Hall–Kier alpha value is -1.22. The van der Waals surface area contributed by atoms with Crippen LogP contribution in [0.3, 0.4) is 0 Å². The number of ether oxygens (including phenoxy) is 2. The number of aliphatic hydroxyl groups excluding tert-OH is 2. The number of methoxy groups -OCH3 is 1. The van der Waals surface area contributed by atoms with Gasteiger partial charge in [-0.25, -0.2) is 0 Å². The molecule has 0 aromatic carbocycles. The number of nitrogens with zero attached hydrogens (tertiary/aromatic N) is 1. The molecule has 3 N–H and O–H groups in total. The van der Waals surface area contributed by atoms with Crippen molar-refractivity contribution >= 4 is 11.6 Å². The van der Waals surface area contributed by atoms with Crippen LogP contribution in [-0.2, 0) is 19.1 Å². The van der Waals surface area contributed by atoms with Gasteiger partial charge in [0.2, 0.25) is 5.91 Å². The Bertz CT molecular complexity index is 321. The van der Waals surface area contributed by atoms with Gasteiger partial charge in [0.25, 0.3) is 0 Å². The van der Waals surface area contributed by atoms with Gasteiger partial charge in [-0.3, -0.25) is 4.79 Å². The van der Waals surface area contributed by atoms with E-state index in [4.69, 9.17) is 14.6 Å². The van der Waals surface area contributed by atoms with Crippen molar-refractivity contribution in [2.75, 3.05) is 20.8 Å². The van der Waals surface area contributed by atoms with E-state index in [0.717, 1.165) is 0 Å². The van der Waals surface area contributed by atoms with E-state index in [1.165, 1.54) is 21.1 Å². The standard InChI is InChI=1S/C10H18N2O6/c1-5(14)11-8-7(12-17-3)9(15)6(4-13)18-10(8)16-2/h6,8-10,13,15H,4H2,1-3H3,(H,11,14)/b12-7+/t6?,8?,9-,10+/m1/s1. The molecule has 18 heavy (non-hydrogen) atoms. The highest BCUT2D eigenvalue weighted by Crippen LogP contribution is 2.19. The molecule has 0 radical (unpaired) electrons. The summed E-state index contributed by atoms with van der Waals surface area (Å²) in [6.07, 6.45) is -2.92. The predicted octanol–water partition coefficient (Wildman–Crippen LogP) is -1.78. The Morgan fingerprint density at radius 1 is 1.56 bits per heavy atom. The molecule has 0 spiro atoms. The Labute approximate surface area is 105 Å². The lowest BCUT2D eigenvalue weighted by molar-refractivity contribution is -0.200. The molecule has 1 fully saturated rings. The van der Waals surface area contributed by atoms with Crippen LogP contribution in [0.5, 0.6) is 0 Å². The Balaban J connectivity index is 3.00. The van der Waals surface area contributed by atoms with E-state index in [1.807, 2.05) is 0 Å². The fourth-order valence-electron chi connectivity index (χ4n) is 1.75. The van der Waals surface area contributed by atoms with Gasteiger partial charge < -0.3 is 29.8 Å². The van der Waals surface area contributed by atoms with Gasteiger partial charge in [-0.05, 0) is 0 Å². The number of oxime groups is 1. The first-order chi connectivity index (χ1) is 8.54. The quantitative estimate of drug-likeness (QED) is 0.517. The summed E-state index contributed by atoms with van der Waals surface area (Å²) in [5, 5.41) is 25.3. The molecular weight excluding hydrogens is 244 g/mol. The summed E-state index contributed by atoms with van der Waals surface area (Å²) in [5.41, 5.74) is 0.143. The second-order valence-electron chi connectivity index (χ2n) is 3.78. The number of aliphatic hydroxyl groups is 2. The Morgan fingerprint density at radius 2 is 2.22 bits per heavy atom. The summed E-state index contributed by atoms with van der Waals surface area (Å²) in [6, 6.07) is -0.773. The fourth-order valence-corrected chi connectivity index (χ4v) is 1.75. The van der Waals surface area contributed by atoms with Crippen molar-refractivity contribution in [3.8, 4) is 0 Å². The fraction of sp³-hybridized carbons (Fsp3) is 0.800. The highest BCUT2D eigenvalue weighted by Gasteiger charge is 2.43. The molecule has 2 unspecified atom stereocenters. The Morgan fingerprint density at radius 3 is 2.67 bits per heavy atom. The molecule has 4 atom stereocenters. The summed E-state index contributed by atoms with van der Waals surface area (Å²) in [7, 11) is 2.70. The number of carbonyl (C=O) groups excluding carboxylic acids is 1. The van der Waals surface area contributed by atoms with Crippen LogP contribution in [0.1, 0.15) is 6.92 Å². The zero-order chi connectivity index (χ0) is 13.7. The summed E-state index contributed by atoms with van der Waals surface area (Å²) >= 11 is 0. The summed E-state index contributed by atoms with van der Waals surface area (Å²) in [6.45, 7) is 0.915. The molecule has 8 nitrogen and oxygen atoms in total. The van der Waals surface area contributed by atoms with E-state index in [2.05, 4.69) is 15.3 Å². The average Bonchev–Trinajstić information content (AvgIpc) is 2.33. The molecule has 0 aromatic rings. The average molecular weight is 262 g/mol. The summed E-state index contributed by atoms with van der Waals surface area (Å²) in [4.78, 5) is 15.8. The van der Waals surface area contributed by atoms with Gasteiger partial charge in [0.15, 0.2) is 6.29 Å². The zero-order valence-corrected chi connectivity index (χ0v) is 10.5. The van der Waals surface area contributed by atoms with Crippen LogP contribution in [0.15, 0.2) is 5.16 Å². The third kappa shape index (κ3) is 3.16. The monoisotopic (exact) mass is 262 g/mol. The summed E-state index contributed by atoms with van der Waals surface area (Å²) in [5.74, 6) is -0.330. The van der Waals surface area contributed by atoms with Crippen LogP contribution < -0.4 is 5.32 Å². The van der Waals surface area contributed by atoms with E-state index >= 15 is 0 Å². The number of amides is 1. The predicted molar refractivity (Wildman–Crippen MR) is 60.8 cm³/mol. The smallest absolute Gasteiger partial charge is 0.217 e. The first-order valence-electron chi connectivity index (χ1n) is 5.40. The van der Waals surface area contributed by atoms with E-state index in [9.17, 15) is 9.90 Å². The van der Waals surface area contributed by atoms with Gasteiger partial charge in [-0.2, -0.15) is 0 Å². The van der Waals surface area contributed by atoms with Crippen molar-refractivity contribution in [2.24, 2.45) is 5.16 Å². The molecule has 0 aromatic heterocycles. The minimum Gasteiger partial charge on any atom is -0.399 e. The number of rotatable bonds is 4. The first-order valence-corrected chi connectivity index (χ1v) is 5.40. The molecule has 1 saturated heterocycles. The molecule has 0 bridgehead atoms. The minimum absolute atomic E-state index is 0.143. The normalized spacial score (nSPS) is 34.4. The van der Waals surface area contributed by atoms with Crippen molar-refractivity contribution in [2.45, 2.75) is 31.5 Å². The van der Waals surface area contributed by atoms with Crippen LogP contribution in [-0.4, -0.2) is 67.2 Å². The van der Waals surface area contributed by atoms with E-state index in [0.29, 0.717) is 0 Å². The molecule has 8 heteroatoms. The van der Waals surface area contributed by atoms with Gasteiger partial charge in [0.05, 0.1) is 6.61 Å². The van der Waals surface area contributed by atoms with E-state index < -0.39 is 31.1 Å². The van der Waals surface area contributed by atoms with Crippen molar-refractivity contribution in [3.05, 3.63) is 0 Å². The topological polar surface area (TPSA) is 110 Å². The maximum atomic E-state index is 11.1. The third-order valence-corrected chi connectivity index (χ3v) is 2.52. The van der Waals surface area contributed by atoms with Crippen LogP contribution in [0.25, 0.3) is 0 Å². The SMILES string of the molecule is CO/N=C1\C(NC(C)=O)[C@@H](OC)OC(CO)[C@H]1O. The molecule has 1 amide bonds. The minimum atomic E-state index is -1.18. The maximum absolute atomic E-state index is 11.1. The third-order valence-electron chi connectivity index (χ3n) is 2.52. The van der Waals surface area contributed by atoms with Crippen molar-refractivity contribution in [1.29, 1.82) is 0 Å². The number of nitrogens with one attached hydrogen (secondary N) is 1. The lowest BCUT2D eigenvalue weighted by Crippen LogP contribution is -2.62. The summed E-state index contributed by atoms with van der Waals surface area (Å²) < 4.78 is 10.4. The van der Waals surface area contributed by atoms with E-state index in [1.54, 1.807) is 0 Å². The van der Waals surface area contributed by atoms with Gasteiger partial charge in [0.1, 0.15) is 31.1 Å². The molecule has 104 valence electrons.